The van der Waals surface area contributed by atoms with Gasteiger partial charge in [0, 0.05) is 0 Å². The largest absolute Gasteiger partial charge is 0.491 e. The van der Waals surface area contributed by atoms with E-state index in [2.05, 4.69) is 46.8 Å². The van der Waals surface area contributed by atoms with Gasteiger partial charge in [-0.1, -0.05) is 46.8 Å². The molecule has 0 unspecified atom stereocenters. The molecule has 0 bridgehead atoms. The molecule has 0 fully saturated rings. The standard InChI is InChI=1S/C24H40O6/c1-7-29-22(25)18-28-15-14-26-12-13-27-16-17-30-21-10-8-20(9-11-21)24(5,6)19-23(2,3)4/h8-11H,7,12-19H2,1-6H3. The second-order valence-electron chi connectivity index (χ2n) is 9.08. The van der Waals surface area contributed by atoms with Crippen LogP contribution in [0.1, 0.15) is 53.5 Å². The maximum absolute atomic E-state index is 11.1. The summed E-state index contributed by atoms with van der Waals surface area (Å²) in [6, 6.07) is 8.36. The number of carbonyl (C=O) groups is 1. The first-order chi connectivity index (χ1) is 14.1. The molecular weight excluding hydrogens is 384 g/mol. The van der Waals surface area contributed by atoms with Gasteiger partial charge < -0.3 is 23.7 Å². The molecule has 1 aromatic carbocycles. The summed E-state index contributed by atoms with van der Waals surface area (Å²) < 4.78 is 26.5. The number of carbonyl (C=O) groups excluding carboxylic acids is 1. The Morgan fingerprint density at radius 2 is 1.33 bits per heavy atom. The highest BCUT2D eigenvalue weighted by atomic mass is 16.6. The molecule has 0 radical (unpaired) electrons. The van der Waals surface area contributed by atoms with Gasteiger partial charge in [-0.25, -0.2) is 4.79 Å². The minimum atomic E-state index is -0.357. The summed E-state index contributed by atoms with van der Waals surface area (Å²) in [6.07, 6.45) is 1.12. The molecular formula is C24H40O6. The lowest BCUT2D eigenvalue weighted by Crippen LogP contribution is -2.24. The van der Waals surface area contributed by atoms with E-state index in [-0.39, 0.29) is 23.4 Å². The summed E-state index contributed by atoms with van der Waals surface area (Å²) in [7, 11) is 0. The average molecular weight is 425 g/mol. The normalized spacial score (nSPS) is 12.1. The lowest BCUT2D eigenvalue weighted by Gasteiger charge is -2.33. The van der Waals surface area contributed by atoms with Gasteiger partial charge in [0.05, 0.1) is 39.6 Å². The fraction of sp³-hybridized carbons (Fsp3) is 0.708. The highest BCUT2D eigenvalue weighted by Crippen LogP contribution is 2.36. The van der Waals surface area contributed by atoms with Gasteiger partial charge in [-0.3, -0.25) is 0 Å². The molecule has 0 saturated heterocycles. The quantitative estimate of drug-likeness (QED) is 0.307. The molecule has 1 aromatic rings. The lowest BCUT2D eigenvalue weighted by molar-refractivity contribution is -0.149. The van der Waals surface area contributed by atoms with Gasteiger partial charge in [0.15, 0.2) is 0 Å². The van der Waals surface area contributed by atoms with Crippen molar-refractivity contribution in [1.82, 2.24) is 0 Å². The Bertz CT molecular complexity index is 589. The molecule has 0 amide bonds. The summed E-state index contributed by atoms with van der Waals surface area (Å²) in [5.74, 6) is 0.494. The van der Waals surface area contributed by atoms with Crippen LogP contribution in [0, 0.1) is 5.41 Å². The third kappa shape index (κ3) is 12.2. The summed E-state index contributed by atoms with van der Waals surface area (Å²) >= 11 is 0. The molecule has 1 rings (SSSR count). The summed E-state index contributed by atoms with van der Waals surface area (Å²) in [5.41, 5.74) is 1.74. The van der Waals surface area contributed by atoms with Gasteiger partial charge in [0.2, 0.25) is 0 Å². The molecule has 0 spiro atoms. The van der Waals surface area contributed by atoms with Gasteiger partial charge in [0.25, 0.3) is 0 Å². The second kappa shape index (κ2) is 13.6. The third-order valence-corrected chi connectivity index (χ3v) is 4.37. The third-order valence-electron chi connectivity index (χ3n) is 4.37. The fourth-order valence-electron chi connectivity index (χ4n) is 3.45. The van der Waals surface area contributed by atoms with Crippen molar-refractivity contribution in [2.45, 2.75) is 53.4 Å². The van der Waals surface area contributed by atoms with E-state index in [9.17, 15) is 4.79 Å². The van der Waals surface area contributed by atoms with E-state index in [0.717, 1.165) is 12.2 Å². The molecule has 0 aromatic heterocycles. The number of ether oxygens (including phenoxy) is 5. The molecule has 0 aliphatic heterocycles. The average Bonchev–Trinajstić information content (AvgIpc) is 2.65. The number of hydrogen-bond acceptors (Lipinski definition) is 6. The second-order valence-corrected chi connectivity index (χ2v) is 9.08. The predicted octanol–water partition coefficient (Wildman–Crippen LogP) is 4.39. The van der Waals surface area contributed by atoms with Gasteiger partial charge in [-0.15, -0.1) is 0 Å². The fourth-order valence-corrected chi connectivity index (χ4v) is 3.45. The first-order valence-corrected chi connectivity index (χ1v) is 10.8. The minimum Gasteiger partial charge on any atom is -0.491 e. The maximum Gasteiger partial charge on any atom is 0.332 e. The van der Waals surface area contributed by atoms with E-state index in [1.165, 1.54) is 5.56 Å². The Morgan fingerprint density at radius 3 is 1.87 bits per heavy atom. The van der Waals surface area contributed by atoms with Crippen LogP contribution in [-0.4, -0.2) is 58.8 Å². The van der Waals surface area contributed by atoms with Gasteiger partial charge >= 0.3 is 5.97 Å². The van der Waals surface area contributed by atoms with Crippen LogP contribution in [0.3, 0.4) is 0 Å². The molecule has 6 heteroatoms. The van der Waals surface area contributed by atoms with Crippen molar-refractivity contribution in [3.63, 3.8) is 0 Å². The van der Waals surface area contributed by atoms with E-state index in [4.69, 9.17) is 23.7 Å². The summed E-state index contributed by atoms with van der Waals surface area (Å²) in [4.78, 5) is 11.1. The van der Waals surface area contributed by atoms with Crippen molar-refractivity contribution in [2.75, 3.05) is 52.9 Å². The van der Waals surface area contributed by atoms with Crippen LogP contribution < -0.4 is 4.74 Å². The first kappa shape index (κ1) is 26.4. The van der Waals surface area contributed by atoms with Crippen LogP contribution in [0.15, 0.2) is 24.3 Å². The van der Waals surface area contributed by atoms with Crippen LogP contribution in [0.5, 0.6) is 5.75 Å². The van der Waals surface area contributed by atoms with Crippen molar-refractivity contribution in [2.24, 2.45) is 5.41 Å². The zero-order chi connectivity index (χ0) is 22.5. The maximum atomic E-state index is 11.1. The summed E-state index contributed by atoms with van der Waals surface area (Å²) in [5, 5.41) is 0. The Morgan fingerprint density at radius 1 is 0.800 bits per heavy atom. The van der Waals surface area contributed by atoms with Crippen molar-refractivity contribution >= 4 is 5.97 Å². The number of esters is 1. The Balaban J connectivity index is 2.09. The van der Waals surface area contributed by atoms with Crippen molar-refractivity contribution in [3.05, 3.63) is 29.8 Å². The van der Waals surface area contributed by atoms with Crippen LogP contribution >= 0.6 is 0 Å². The van der Waals surface area contributed by atoms with Gasteiger partial charge in [-0.2, -0.15) is 0 Å². The Kier molecular flexibility index (Phi) is 12.0. The topological polar surface area (TPSA) is 63.2 Å². The Hall–Kier alpha value is -1.63. The SMILES string of the molecule is CCOC(=O)COCCOCCOCCOc1ccc(C(C)(C)CC(C)(C)C)cc1. The number of hydrogen-bond donors (Lipinski definition) is 0. The van der Waals surface area contributed by atoms with Crippen molar-refractivity contribution < 1.29 is 28.5 Å². The van der Waals surface area contributed by atoms with Gasteiger partial charge in [0.1, 0.15) is 19.0 Å². The van der Waals surface area contributed by atoms with Crippen molar-refractivity contribution in [3.8, 4) is 5.75 Å². The first-order valence-electron chi connectivity index (χ1n) is 10.8. The minimum absolute atomic E-state index is 0.0416. The van der Waals surface area contributed by atoms with E-state index in [0.29, 0.717) is 46.2 Å². The predicted molar refractivity (Wildman–Crippen MR) is 118 cm³/mol. The molecule has 30 heavy (non-hydrogen) atoms. The van der Waals surface area contributed by atoms with E-state index < -0.39 is 0 Å². The zero-order valence-electron chi connectivity index (χ0n) is 19.6. The summed E-state index contributed by atoms with van der Waals surface area (Å²) in [6.45, 7) is 16.2. The zero-order valence-corrected chi connectivity index (χ0v) is 19.6. The van der Waals surface area contributed by atoms with Crippen molar-refractivity contribution in [1.29, 1.82) is 0 Å². The van der Waals surface area contributed by atoms with E-state index in [1.807, 2.05) is 12.1 Å². The molecule has 0 N–H and O–H groups in total. The molecule has 6 nitrogen and oxygen atoms in total. The molecule has 0 aliphatic rings. The number of benzene rings is 1. The monoisotopic (exact) mass is 424 g/mol. The van der Waals surface area contributed by atoms with Crippen LogP contribution in [0.4, 0.5) is 0 Å². The van der Waals surface area contributed by atoms with Gasteiger partial charge in [-0.05, 0) is 41.9 Å². The van der Waals surface area contributed by atoms with E-state index in [1.54, 1.807) is 6.92 Å². The van der Waals surface area contributed by atoms with Crippen LogP contribution in [0.25, 0.3) is 0 Å². The lowest BCUT2D eigenvalue weighted by atomic mass is 9.72. The van der Waals surface area contributed by atoms with Crippen LogP contribution in [0.2, 0.25) is 0 Å². The van der Waals surface area contributed by atoms with E-state index >= 15 is 0 Å². The highest BCUT2D eigenvalue weighted by molar-refractivity contribution is 5.70. The Labute approximate surface area is 182 Å². The highest BCUT2D eigenvalue weighted by Gasteiger charge is 2.27. The molecule has 0 aliphatic carbocycles. The van der Waals surface area contributed by atoms with Crippen LogP contribution in [-0.2, 0) is 29.2 Å². The molecule has 0 atom stereocenters. The molecule has 0 heterocycles. The molecule has 172 valence electrons. The smallest absolute Gasteiger partial charge is 0.332 e. The number of rotatable bonds is 15. The molecule has 0 saturated carbocycles.